The molecule has 4 aromatic rings. The van der Waals surface area contributed by atoms with Crippen LogP contribution < -0.4 is 5.32 Å². The van der Waals surface area contributed by atoms with E-state index in [0.29, 0.717) is 29.5 Å². The number of nitrogens with one attached hydrogen (secondary N) is 1. The van der Waals surface area contributed by atoms with E-state index in [1.165, 1.54) is 22.7 Å². The van der Waals surface area contributed by atoms with E-state index in [-0.39, 0.29) is 11.8 Å². The first kappa shape index (κ1) is 19.9. The molecule has 1 N–H and O–H groups in total. The Morgan fingerprint density at radius 1 is 1.26 bits per heavy atom. The van der Waals surface area contributed by atoms with Gasteiger partial charge in [0.05, 0.1) is 17.1 Å². The number of hydrogen-bond donors (Lipinski definition) is 1. The van der Waals surface area contributed by atoms with E-state index < -0.39 is 6.04 Å². The highest BCUT2D eigenvalue weighted by Gasteiger charge is 2.35. The second-order valence-electron chi connectivity index (χ2n) is 7.54. The standard InChI is InChI=1S/C22H21N5O2S2/c1-14-16-12-18(31-21(16)27(25-14)13-15-6-3-2-4-7-15)20(29)26-10-5-8-17(26)19(28)24-22-23-9-11-30-22/h2-4,6-7,9,11-12,17H,5,8,10,13H2,1H3,(H,23,24,28). The van der Waals surface area contributed by atoms with Crippen molar-refractivity contribution >= 4 is 49.8 Å². The van der Waals surface area contributed by atoms with Gasteiger partial charge in [-0.25, -0.2) is 4.98 Å². The second kappa shape index (κ2) is 8.24. The van der Waals surface area contributed by atoms with E-state index in [4.69, 9.17) is 0 Å². The molecule has 0 aliphatic carbocycles. The molecule has 1 unspecified atom stereocenters. The largest absolute Gasteiger partial charge is 0.326 e. The normalized spacial score (nSPS) is 16.2. The van der Waals surface area contributed by atoms with Gasteiger partial charge in [-0.15, -0.1) is 22.7 Å². The summed E-state index contributed by atoms with van der Waals surface area (Å²) in [5.41, 5.74) is 2.06. The molecule has 5 rings (SSSR count). The molecule has 9 heteroatoms. The molecule has 158 valence electrons. The van der Waals surface area contributed by atoms with Crippen molar-refractivity contribution in [3.63, 3.8) is 0 Å². The maximum absolute atomic E-state index is 13.3. The lowest BCUT2D eigenvalue weighted by atomic mass is 10.2. The van der Waals surface area contributed by atoms with Crippen LogP contribution in [0.25, 0.3) is 10.2 Å². The summed E-state index contributed by atoms with van der Waals surface area (Å²) in [6, 6.07) is 11.6. The van der Waals surface area contributed by atoms with Crippen LogP contribution in [0, 0.1) is 6.92 Å². The fraction of sp³-hybridized carbons (Fsp3) is 0.273. The summed E-state index contributed by atoms with van der Waals surface area (Å²) in [4.78, 5) is 33.5. The number of anilines is 1. The third-order valence-electron chi connectivity index (χ3n) is 5.47. The number of nitrogens with zero attached hydrogens (tertiary/aromatic N) is 4. The lowest BCUT2D eigenvalue weighted by Crippen LogP contribution is -2.42. The van der Waals surface area contributed by atoms with Crippen molar-refractivity contribution in [2.45, 2.75) is 32.4 Å². The summed E-state index contributed by atoms with van der Waals surface area (Å²) in [6.45, 7) is 3.20. The van der Waals surface area contributed by atoms with Crippen molar-refractivity contribution in [1.29, 1.82) is 0 Å². The van der Waals surface area contributed by atoms with Crippen molar-refractivity contribution in [3.05, 3.63) is 64.1 Å². The van der Waals surface area contributed by atoms with Crippen LogP contribution in [-0.2, 0) is 11.3 Å². The number of likely N-dealkylation sites (tertiary alicyclic amines) is 1. The third kappa shape index (κ3) is 3.86. The van der Waals surface area contributed by atoms with Gasteiger partial charge in [-0.1, -0.05) is 30.3 Å². The van der Waals surface area contributed by atoms with Gasteiger partial charge in [0.2, 0.25) is 5.91 Å². The SMILES string of the molecule is Cc1nn(Cc2ccccc2)c2sc(C(=O)N3CCCC3C(=O)Nc3nccs3)cc12. The molecule has 1 saturated heterocycles. The highest BCUT2D eigenvalue weighted by molar-refractivity contribution is 7.20. The molecule has 31 heavy (non-hydrogen) atoms. The Hall–Kier alpha value is -3.04. The van der Waals surface area contributed by atoms with E-state index in [9.17, 15) is 9.59 Å². The molecule has 0 spiro atoms. The average Bonchev–Trinajstić information content (AvgIpc) is 3.55. The first-order valence-corrected chi connectivity index (χ1v) is 11.8. The molecule has 1 aromatic carbocycles. The summed E-state index contributed by atoms with van der Waals surface area (Å²) >= 11 is 2.82. The van der Waals surface area contributed by atoms with Crippen LogP contribution >= 0.6 is 22.7 Å². The second-order valence-corrected chi connectivity index (χ2v) is 9.47. The molecule has 7 nitrogen and oxygen atoms in total. The van der Waals surface area contributed by atoms with Gasteiger partial charge in [0.1, 0.15) is 10.9 Å². The average molecular weight is 452 g/mol. The molecule has 1 aliphatic heterocycles. The molecule has 0 bridgehead atoms. The Morgan fingerprint density at radius 3 is 2.87 bits per heavy atom. The highest BCUT2D eigenvalue weighted by atomic mass is 32.1. The minimum absolute atomic E-state index is 0.0938. The van der Waals surface area contributed by atoms with Crippen LogP contribution in [0.3, 0.4) is 0 Å². The van der Waals surface area contributed by atoms with Crippen molar-refractivity contribution in [3.8, 4) is 0 Å². The van der Waals surface area contributed by atoms with E-state index in [1.54, 1.807) is 11.1 Å². The number of rotatable bonds is 5. The van der Waals surface area contributed by atoms with E-state index in [2.05, 4.69) is 27.5 Å². The molecule has 4 heterocycles. The Labute approximate surface area is 187 Å². The zero-order valence-corrected chi connectivity index (χ0v) is 18.6. The lowest BCUT2D eigenvalue weighted by molar-refractivity contribution is -0.119. The van der Waals surface area contributed by atoms with E-state index >= 15 is 0 Å². The summed E-state index contributed by atoms with van der Waals surface area (Å²) < 4.78 is 1.96. The van der Waals surface area contributed by atoms with E-state index in [0.717, 1.165) is 27.9 Å². The van der Waals surface area contributed by atoms with Gasteiger partial charge < -0.3 is 10.2 Å². The number of carbonyl (C=O) groups is 2. The minimum atomic E-state index is -0.469. The Bertz CT molecular complexity index is 1230. The quantitative estimate of drug-likeness (QED) is 0.494. The van der Waals surface area contributed by atoms with Crippen molar-refractivity contribution in [2.75, 3.05) is 11.9 Å². The molecule has 0 radical (unpaired) electrons. The molecule has 3 aromatic heterocycles. The van der Waals surface area contributed by atoms with Crippen LogP contribution in [0.5, 0.6) is 0 Å². The zero-order valence-electron chi connectivity index (χ0n) is 16.9. The first-order valence-electron chi connectivity index (χ1n) is 10.1. The number of benzene rings is 1. The number of carbonyl (C=O) groups excluding carboxylic acids is 2. The van der Waals surface area contributed by atoms with Crippen molar-refractivity contribution in [2.24, 2.45) is 0 Å². The number of thiazole rings is 1. The van der Waals surface area contributed by atoms with Gasteiger partial charge >= 0.3 is 0 Å². The maximum atomic E-state index is 13.3. The topological polar surface area (TPSA) is 80.1 Å². The van der Waals surface area contributed by atoms with Crippen molar-refractivity contribution in [1.82, 2.24) is 19.7 Å². The van der Waals surface area contributed by atoms with Crippen LogP contribution in [0.1, 0.15) is 33.8 Å². The van der Waals surface area contributed by atoms with Crippen LogP contribution in [0.15, 0.2) is 48.0 Å². The number of amides is 2. The monoisotopic (exact) mass is 451 g/mol. The fourth-order valence-electron chi connectivity index (χ4n) is 3.98. The van der Waals surface area contributed by atoms with Crippen LogP contribution in [0.4, 0.5) is 5.13 Å². The third-order valence-corrected chi connectivity index (χ3v) is 7.30. The molecule has 2 amide bonds. The number of aromatic nitrogens is 3. The molecule has 1 atom stereocenters. The predicted octanol–water partition coefficient (Wildman–Crippen LogP) is 4.15. The first-order chi connectivity index (χ1) is 15.1. The number of thiophene rings is 1. The zero-order chi connectivity index (χ0) is 21.4. The molecule has 1 fully saturated rings. The Balaban J connectivity index is 1.39. The minimum Gasteiger partial charge on any atom is -0.326 e. The van der Waals surface area contributed by atoms with Gasteiger partial charge in [0, 0.05) is 23.5 Å². The molecular formula is C22H21N5O2S2. The van der Waals surface area contributed by atoms with Gasteiger partial charge in [0.15, 0.2) is 5.13 Å². The van der Waals surface area contributed by atoms with Gasteiger partial charge in [0.25, 0.3) is 5.91 Å². The number of aryl methyl sites for hydroxylation is 1. The van der Waals surface area contributed by atoms with Gasteiger partial charge in [-0.2, -0.15) is 5.10 Å². The van der Waals surface area contributed by atoms with Crippen LogP contribution in [0.2, 0.25) is 0 Å². The van der Waals surface area contributed by atoms with E-state index in [1.807, 2.05) is 41.3 Å². The maximum Gasteiger partial charge on any atom is 0.264 e. The number of hydrogen-bond acceptors (Lipinski definition) is 6. The summed E-state index contributed by atoms with van der Waals surface area (Å²) in [7, 11) is 0. The summed E-state index contributed by atoms with van der Waals surface area (Å²) in [5.74, 6) is -0.267. The van der Waals surface area contributed by atoms with Crippen LogP contribution in [-0.4, -0.2) is 44.1 Å². The molecule has 0 saturated carbocycles. The number of fused-ring (bicyclic) bond motifs is 1. The highest BCUT2D eigenvalue weighted by Crippen LogP contribution is 2.31. The van der Waals surface area contributed by atoms with Gasteiger partial charge in [-0.05, 0) is 31.4 Å². The lowest BCUT2D eigenvalue weighted by Gasteiger charge is -2.22. The summed E-state index contributed by atoms with van der Waals surface area (Å²) in [6.07, 6.45) is 3.12. The fourth-order valence-corrected chi connectivity index (χ4v) is 5.63. The molecule has 1 aliphatic rings. The Morgan fingerprint density at radius 2 is 2.10 bits per heavy atom. The van der Waals surface area contributed by atoms with Gasteiger partial charge in [-0.3, -0.25) is 14.3 Å². The smallest absolute Gasteiger partial charge is 0.264 e. The Kier molecular flexibility index (Phi) is 5.29. The molecular weight excluding hydrogens is 430 g/mol. The predicted molar refractivity (Wildman–Crippen MR) is 123 cm³/mol. The summed E-state index contributed by atoms with van der Waals surface area (Å²) in [5, 5.41) is 10.9. The van der Waals surface area contributed by atoms with Crippen molar-refractivity contribution < 1.29 is 9.59 Å².